The van der Waals surface area contributed by atoms with Gasteiger partial charge >= 0.3 is 5.97 Å². The normalized spacial score (nSPS) is 28.7. The molecule has 7 nitrogen and oxygen atoms in total. The van der Waals surface area contributed by atoms with Gasteiger partial charge in [-0.15, -0.1) is 0 Å². The van der Waals surface area contributed by atoms with Crippen LogP contribution in [0.25, 0.3) is 0 Å². The first-order valence-electron chi connectivity index (χ1n) is 10.5. The number of allylic oxidation sites excluding steroid dienone is 1. The molecular formula is C23H30N2O5. The van der Waals surface area contributed by atoms with Crippen LogP contribution in [-0.2, 0) is 25.7 Å². The molecular weight excluding hydrogens is 384 g/mol. The third kappa shape index (κ3) is 4.12. The van der Waals surface area contributed by atoms with Gasteiger partial charge in [0.2, 0.25) is 11.8 Å². The Morgan fingerprint density at radius 2 is 1.93 bits per heavy atom. The van der Waals surface area contributed by atoms with Crippen molar-refractivity contribution in [2.24, 2.45) is 23.7 Å². The number of nitrogens with one attached hydrogen (secondary N) is 1. The van der Waals surface area contributed by atoms with Crippen LogP contribution in [0.1, 0.15) is 26.3 Å². The molecule has 0 bridgehead atoms. The lowest BCUT2D eigenvalue weighted by atomic mass is 9.70. The minimum atomic E-state index is -0.783. The van der Waals surface area contributed by atoms with Crippen molar-refractivity contribution in [3.63, 3.8) is 0 Å². The van der Waals surface area contributed by atoms with Crippen LogP contribution in [-0.4, -0.2) is 53.1 Å². The van der Waals surface area contributed by atoms with Crippen LogP contribution >= 0.6 is 0 Å². The molecule has 0 spiro atoms. The number of hydrogen-bond donors (Lipinski definition) is 2. The molecule has 1 aromatic rings. The van der Waals surface area contributed by atoms with Gasteiger partial charge < -0.3 is 20.1 Å². The van der Waals surface area contributed by atoms with Gasteiger partial charge in [-0.3, -0.25) is 14.4 Å². The zero-order valence-corrected chi connectivity index (χ0v) is 17.7. The molecule has 1 saturated heterocycles. The molecule has 0 aromatic heterocycles. The van der Waals surface area contributed by atoms with E-state index in [1.54, 1.807) is 13.8 Å². The molecule has 0 unspecified atom stereocenters. The quantitative estimate of drug-likeness (QED) is 0.521. The monoisotopic (exact) mass is 414 g/mol. The fourth-order valence-electron chi connectivity index (χ4n) is 4.59. The molecule has 1 fully saturated rings. The van der Waals surface area contributed by atoms with Crippen LogP contribution < -0.4 is 5.32 Å². The van der Waals surface area contributed by atoms with Crippen LogP contribution in [0.15, 0.2) is 42.5 Å². The Morgan fingerprint density at radius 1 is 1.23 bits per heavy atom. The van der Waals surface area contributed by atoms with E-state index in [0.717, 1.165) is 5.56 Å². The van der Waals surface area contributed by atoms with Gasteiger partial charge in [-0.05, 0) is 25.3 Å². The zero-order chi connectivity index (χ0) is 21.8. The zero-order valence-electron chi connectivity index (χ0n) is 17.7. The van der Waals surface area contributed by atoms with E-state index in [9.17, 15) is 19.5 Å². The number of aliphatic hydroxyl groups is 1. The number of ether oxygens (including phenoxy) is 1. The second kappa shape index (κ2) is 9.43. The molecule has 3 rings (SSSR count). The summed E-state index contributed by atoms with van der Waals surface area (Å²) in [6.07, 6.45) is 3.76. The Kier molecular flexibility index (Phi) is 6.92. The third-order valence-electron chi connectivity index (χ3n) is 6.08. The van der Waals surface area contributed by atoms with E-state index in [1.165, 1.54) is 4.90 Å². The van der Waals surface area contributed by atoms with Crippen molar-refractivity contribution in [1.29, 1.82) is 0 Å². The number of rotatable bonds is 7. The summed E-state index contributed by atoms with van der Waals surface area (Å²) >= 11 is 0. The number of aliphatic hydroxyl groups excluding tert-OH is 1. The van der Waals surface area contributed by atoms with Crippen LogP contribution in [0.5, 0.6) is 0 Å². The van der Waals surface area contributed by atoms with Crippen molar-refractivity contribution >= 4 is 17.8 Å². The Bertz CT molecular complexity index is 809. The molecule has 2 N–H and O–H groups in total. The largest absolute Gasteiger partial charge is 0.466 e. The molecule has 162 valence electrons. The van der Waals surface area contributed by atoms with Crippen LogP contribution in [0.4, 0.5) is 0 Å². The average molecular weight is 415 g/mol. The molecule has 7 heteroatoms. The maximum atomic E-state index is 13.4. The van der Waals surface area contributed by atoms with Crippen molar-refractivity contribution in [2.75, 3.05) is 13.2 Å². The fourth-order valence-corrected chi connectivity index (χ4v) is 4.59. The molecule has 6 atom stereocenters. The summed E-state index contributed by atoms with van der Waals surface area (Å²) < 4.78 is 5.24. The minimum absolute atomic E-state index is 0.174. The van der Waals surface area contributed by atoms with E-state index in [1.807, 2.05) is 49.4 Å². The molecule has 2 amide bonds. The van der Waals surface area contributed by atoms with Crippen LogP contribution in [0.3, 0.4) is 0 Å². The van der Waals surface area contributed by atoms with Gasteiger partial charge in [0.1, 0.15) is 6.04 Å². The maximum absolute atomic E-state index is 13.4. The predicted molar refractivity (Wildman–Crippen MR) is 111 cm³/mol. The Morgan fingerprint density at radius 3 is 2.57 bits per heavy atom. The average Bonchev–Trinajstić information content (AvgIpc) is 3.04. The Balaban J connectivity index is 1.90. The number of esters is 1. The number of likely N-dealkylation sites (tertiary alicyclic amines) is 1. The molecule has 30 heavy (non-hydrogen) atoms. The number of nitrogens with zero attached hydrogens (tertiary/aromatic N) is 1. The van der Waals surface area contributed by atoms with E-state index < -0.39 is 35.8 Å². The first-order valence-corrected chi connectivity index (χ1v) is 10.5. The molecule has 2 aliphatic rings. The second-order valence-corrected chi connectivity index (χ2v) is 8.05. The molecule has 1 aliphatic carbocycles. The lowest BCUT2D eigenvalue weighted by Crippen LogP contribution is -2.51. The van der Waals surface area contributed by atoms with Crippen LogP contribution in [0.2, 0.25) is 0 Å². The second-order valence-electron chi connectivity index (χ2n) is 8.05. The van der Waals surface area contributed by atoms with Crippen molar-refractivity contribution in [3.8, 4) is 0 Å². The van der Waals surface area contributed by atoms with Gasteiger partial charge in [0, 0.05) is 12.5 Å². The Hall–Kier alpha value is -2.67. The summed E-state index contributed by atoms with van der Waals surface area (Å²) in [5.74, 6) is -2.94. The third-order valence-corrected chi connectivity index (χ3v) is 6.08. The van der Waals surface area contributed by atoms with E-state index in [2.05, 4.69) is 5.32 Å². The standard InChI is InChI=1S/C23H30N2O5/c1-4-30-23(29)18-14(2)10-11-17-19(18)22(28)25(15(3)13-26)20(17)21(27)24-12-16-8-6-5-7-9-16/h5-11,14-15,17-20,26H,4,12-13H2,1-3H3,(H,24,27)/t14-,15-,17+,18-,19-,20+/m1/s1. The number of amides is 2. The van der Waals surface area contributed by atoms with E-state index >= 15 is 0 Å². The van der Waals surface area contributed by atoms with Crippen molar-refractivity contribution < 1.29 is 24.2 Å². The van der Waals surface area contributed by atoms with Gasteiger partial charge in [-0.2, -0.15) is 0 Å². The summed E-state index contributed by atoms with van der Waals surface area (Å²) in [7, 11) is 0. The number of hydrogen-bond acceptors (Lipinski definition) is 5. The van der Waals surface area contributed by atoms with Crippen LogP contribution in [0, 0.1) is 23.7 Å². The Labute approximate surface area is 177 Å². The molecule has 0 saturated carbocycles. The number of benzene rings is 1. The van der Waals surface area contributed by atoms with Crippen molar-refractivity contribution in [1.82, 2.24) is 10.2 Å². The van der Waals surface area contributed by atoms with E-state index in [4.69, 9.17) is 4.74 Å². The van der Waals surface area contributed by atoms with Gasteiger partial charge in [0.15, 0.2) is 0 Å². The minimum Gasteiger partial charge on any atom is -0.466 e. The number of carbonyl (C=O) groups is 3. The first-order chi connectivity index (χ1) is 14.4. The SMILES string of the molecule is CCOC(=O)[C@H]1[C@@H]2C(=O)N([C@H](C)CO)[C@H](C(=O)NCc3ccccc3)[C@H]2C=C[C@H]1C. The summed E-state index contributed by atoms with van der Waals surface area (Å²) in [4.78, 5) is 40.7. The highest BCUT2D eigenvalue weighted by atomic mass is 16.5. The highest BCUT2D eigenvalue weighted by Crippen LogP contribution is 2.45. The van der Waals surface area contributed by atoms with Crippen molar-refractivity contribution in [2.45, 2.75) is 39.4 Å². The summed E-state index contributed by atoms with van der Waals surface area (Å²) in [6.45, 7) is 5.62. The summed E-state index contributed by atoms with van der Waals surface area (Å²) in [6, 6.07) is 8.19. The molecule has 1 heterocycles. The molecule has 1 aliphatic heterocycles. The predicted octanol–water partition coefficient (Wildman–Crippen LogP) is 1.51. The van der Waals surface area contributed by atoms with Gasteiger partial charge in [0.05, 0.1) is 31.1 Å². The van der Waals surface area contributed by atoms with E-state index in [0.29, 0.717) is 6.54 Å². The molecule has 1 aromatic carbocycles. The van der Waals surface area contributed by atoms with Gasteiger partial charge in [0.25, 0.3) is 0 Å². The first kappa shape index (κ1) is 22.0. The summed E-state index contributed by atoms with van der Waals surface area (Å²) in [5.41, 5.74) is 0.950. The molecule has 0 radical (unpaired) electrons. The maximum Gasteiger partial charge on any atom is 0.310 e. The van der Waals surface area contributed by atoms with Gasteiger partial charge in [-0.1, -0.05) is 49.4 Å². The number of carbonyl (C=O) groups excluding carboxylic acids is 3. The smallest absolute Gasteiger partial charge is 0.310 e. The fraction of sp³-hybridized carbons (Fsp3) is 0.522. The lowest BCUT2D eigenvalue weighted by molar-refractivity contribution is -0.155. The number of fused-ring (bicyclic) bond motifs is 1. The van der Waals surface area contributed by atoms with Crippen molar-refractivity contribution in [3.05, 3.63) is 48.0 Å². The summed E-state index contributed by atoms with van der Waals surface area (Å²) in [5, 5.41) is 12.6. The lowest BCUT2D eigenvalue weighted by Gasteiger charge is -2.32. The topological polar surface area (TPSA) is 95.9 Å². The van der Waals surface area contributed by atoms with Gasteiger partial charge in [-0.25, -0.2) is 0 Å². The highest BCUT2D eigenvalue weighted by Gasteiger charge is 2.57. The highest BCUT2D eigenvalue weighted by molar-refractivity contribution is 5.96. The van der Waals surface area contributed by atoms with E-state index in [-0.39, 0.29) is 30.9 Å².